The summed E-state index contributed by atoms with van der Waals surface area (Å²) in [4.78, 5) is 0.200. The van der Waals surface area contributed by atoms with Gasteiger partial charge in [-0.15, -0.1) is 0 Å². The van der Waals surface area contributed by atoms with Gasteiger partial charge in [-0.2, -0.15) is 0 Å². The first kappa shape index (κ1) is 16.7. The van der Waals surface area contributed by atoms with Crippen LogP contribution >= 0.6 is 11.6 Å². The monoisotopic (exact) mass is 330 g/mol. The fraction of sp³-hybridized carbons (Fsp3) is 0.600. The van der Waals surface area contributed by atoms with E-state index in [0.29, 0.717) is 18.1 Å². The highest BCUT2D eigenvalue weighted by Crippen LogP contribution is 2.28. The number of nitrogens with one attached hydrogen (secondary N) is 1. The van der Waals surface area contributed by atoms with Gasteiger partial charge in [0.1, 0.15) is 0 Å². The van der Waals surface area contributed by atoms with Gasteiger partial charge in [-0.25, -0.2) is 13.1 Å². The van der Waals surface area contributed by atoms with Crippen LogP contribution in [0.25, 0.3) is 0 Å². The summed E-state index contributed by atoms with van der Waals surface area (Å²) in [6.07, 6.45) is 7.23. The molecule has 1 fully saturated rings. The third-order valence-corrected chi connectivity index (χ3v) is 5.92. The van der Waals surface area contributed by atoms with Crippen molar-refractivity contribution in [3.8, 4) is 0 Å². The molecule has 1 aliphatic carbocycles. The molecule has 2 rings (SSSR count). The van der Waals surface area contributed by atoms with Gasteiger partial charge in [-0.3, -0.25) is 0 Å². The molecule has 6 heteroatoms. The third kappa shape index (κ3) is 4.68. The van der Waals surface area contributed by atoms with E-state index >= 15 is 0 Å². The van der Waals surface area contributed by atoms with Gasteiger partial charge in [-0.05, 0) is 36.5 Å². The molecule has 1 saturated carbocycles. The summed E-state index contributed by atoms with van der Waals surface area (Å²) in [7, 11) is -3.48. The molecule has 0 spiro atoms. The lowest BCUT2D eigenvalue weighted by Gasteiger charge is -2.11. The molecule has 0 aromatic heterocycles. The Labute approximate surface area is 132 Å². The van der Waals surface area contributed by atoms with Gasteiger partial charge in [0, 0.05) is 18.1 Å². The molecular weight excluding hydrogens is 308 g/mol. The van der Waals surface area contributed by atoms with Crippen LogP contribution in [0.1, 0.15) is 44.1 Å². The zero-order chi connectivity index (χ0) is 15.3. The molecule has 0 radical (unpaired) electrons. The standard InChI is InChI=1S/C15H23ClN2O2S/c16-15-10-14(8-7-13(15)11-17)21(19,20)18-9-3-6-12-4-1-2-5-12/h7-8,10,12,18H,1-6,9,11,17H2. The van der Waals surface area contributed by atoms with Crippen molar-refractivity contribution in [1.29, 1.82) is 0 Å². The number of hydrogen-bond donors (Lipinski definition) is 2. The van der Waals surface area contributed by atoms with Gasteiger partial charge in [-0.1, -0.05) is 43.4 Å². The summed E-state index contributed by atoms with van der Waals surface area (Å²) in [5, 5.41) is 0.395. The highest BCUT2D eigenvalue weighted by molar-refractivity contribution is 7.89. The Hall–Kier alpha value is -0.620. The van der Waals surface area contributed by atoms with Crippen LogP contribution in [0.3, 0.4) is 0 Å². The van der Waals surface area contributed by atoms with Crippen LogP contribution in [0.2, 0.25) is 5.02 Å². The number of sulfonamides is 1. The maximum Gasteiger partial charge on any atom is 0.240 e. The third-order valence-electron chi connectivity index (χ3n) is 4.11. The van der Waals surface area contributed by atoms with Gasteiger partial charge in [0.25, 0.3) is 0 Å². The minimum Gasteiger partial charge on any atom is -0.326 e. The Morgan fingerprint density at radius 1 is 1.29 bits per heavy atom. The summed E-state index contributed by atoms with van der Waals surface area (Å²) in [6, 6.07) is 4.67. The van der Waals surface area contributed by atoms with Crippen molar-refractivity contribution in [3.63, 3.8) is 0 Å². The van der Waals surface area contributed by atoms with Gasteiger partial charge < -0.3 is 5.73 Å². The average Bonchev–Trinajstić information content (AvgIpc) is 2.97. The van der Waals surface area contributed by atoms with Crippen LogP contribution in [-0.4, -0.2) is 15.0 Å². The largest absolute Gasteiger partial charge is 0.326 e. The van der Waals surface area contributed by atoms with E-state index in [4.69, 9.17) is 17.3 Å². The van der Waals surface area contributed by atoms with E-state index in [1.165, 1.54) is 31.7 Å². The van der Waals surface area contributed by atoms with Crippen molar-refractivity contribution in [2.45, 2.75) is 50.0 Å². The second-order valence-corrected chi connectivity index (χ2v) is 7.82. The molecule has 0 amide bonds. The van der Waals surface area contributed by atoms with E-state index in [9.17, 15) is 8.42 Å². The Morgan fingerprint density at radius 2 is 2.00 bits per heavy atom. The van der Waals surface area contributed by atoms with Gasteiger partial charge in [0.2, 0.25) is 10.0 Å². The first-order valence-electron chi connectivity index (χ1n) is 7.51. The fourth-order valence-electron chi connectivity index (χ4n) is 2.84. The van der Waals surface area contributed by atoms with E-state index in [-0.39, 0.29) is 4.90 Å². The lowest BCUT2D eigenvalue weighted by molar-refractivity contribution is 0.480. The molecule has 0 heterocycles. The predicted molar refractivity (Wildman–Crippen MR) is 85.7 cm³/mol. The molecule has 1 aliphatic rings. The topological polar surface area (TPSA) is 72.2 Å². The number of hydrogen-bond acceptors (Lipinski definition) is 3. The molecule has 1 aromatic rings. The van der Waals surface area contributed by atoms with Crippen molar-refractivity contribution >= 4 is 21.6 Å². The van der Waals surface area contributed by atoms with Crippen molar-refractivity contribution in [1.82, 2.24) is 4.72 Å². The van der Waals surface area contributed by atoms with Crippen molar-refractivity contribution in [2.75, 3.05) is 6.54 Å². The molecule has 0 atom stereocenters. The Balaban J connectivity index is 1.87. The molecule has 0 bridgehead atoms. The lowest BCUT2D eigenvalue weighted by atomic mass is 10.0. The normalized spacial score (nSPS) is 16.5. The maximum atomic E-state index is 12.2. The molecule has 118 valence electrons. The zero-order valence-corrected chi connectivity index (χ0v) is 13.7. The second-order valence-electron chi connectivity index (χ2n) is 5.65. The van der Waals surface area contributed by atoms with Crippen LogP contribution in [0.15, 0.2) is 23.1 Å². The minimum atomic E-state index is -3.48. The molecule has 4 nitrogen and oxygen atoms in total. The second kappa shape index (κ2) is 7.58. The Morgan fingerprint density at radius 3 is 2.62 bits per heavy atom. The Bertz CT molecular complexity index is 569. The van der Waals surface area contributed by atoms with Gasteiger partial charge >= 0.3 is 0 Å². The number of halogens is 1. The van der Waals surface area contributed by atoms with E-state index in [1.54, 1.807) is 12.1 Å². The van der Waals surface area contributed by atoms with Crippen LogP contribution in [0, 0.1) is 5.92 Å². The smallest absolute Gasteiger partial charge is 0.240 e. The summed E-state index contributed by atoms with van der Waals surface area (Å²) >= 11 is 6.01. The predicted octanol–water partition coefficient (Wildman–Crippen LogP) is 3.05. The molecule has 3 N–H and O–H groups in total. The Kier molecular flexibility index (Phi) is 6.05. The van der Waals surface area contributed by atoms with E-state index in [0.717, 1.165) is 24.3 Å². The van der Waals surface area contributed by atoms with Crippen molar-refractivity contribution in [3.05, 3.63) is 28.8 Å². The first-order chi connectivity index (χ1) is 10.0. The highest BCUT2D eigenvalue weighted by Gasteiger charge is 2.17. The first-order valence-corrected chi connectivity index (χ1v) is 9.37. The zero-order valence-electron chi connectivity index (χ0n) is 12.1. The maximum absolute atomic E-state index is 12.2. The molecule has 0 unspecified atom stereocenters. The van der Waals surface area contributed by atoms with Crippen LogP contribution in [0.5, 0.6) is 0 Å². The van der Waals surface area contributed by atoms with E-state index < -0.39 is 10.0 Å². The molecule has 0 saturated heterocycles. The summed E-state index contributed by atoms with van der Waals surface area (Å²) in [5.41, 5.74) is 6.27. The SMILES string of the molecule is NCc1ccc(S(=O)(=O)NCCCC2CCCC2)cc1Cl. The van der Waals surface area contributed by atoms with Crippen LogP contribution in [-0.2, 0) is 16.6 Å². The minimum absolute atomic E-state index is 0.200. The number of benzene rings is 1. The van der Waals surface area contributed by atoms with Crippen LogP contribution in [0.4, 0.5) is 0 Å². The van der Waals surface area contributed by atoms with Crippen molar-refractivity contribution in [2.24, 2.45) is 11.7 Å². The molecule has 21 heavy (non-hydrogen) atoms. The van der Waals surface area contributed by atoms with Gasteiger partial charge in [0.15, 0.2) is 0 Å². The number of nitrogens with two attached hydrogens (primary N) is 1. The molecule has 1 aromatic carbocycles. The van der Waals surface area contributed by atoms with E-state index in [1.807, 2.05) is 0 Å². The summed E-state index contributed by atoms with van der Waals surface area (Å²) in [6.45, 7) is 0.781. The lowest BCUT2D eigenvalue weighted by Crippen LogP contribution is -2.25. The molecule has 0 aliphatic heterocycles. The average molecular weight is 331 g/mol. The summed E-state index contributed by atoms with van der Waals surface area (Å²) in [5.74, 6) is 0.785. The number of rotatable bonds is 7. The fourth-order valence-corrected chi connectivity index (χ4v) is 4.26. The van der Waals surface area contributed by atoms with E-state index in [2.05, 4.69) is 4.72 Å². The highest BCUT2D eigenvalue weighted by atomic mass is 35.5. The summed E-state index contributed by atoms with van der Waals surface area (Å²) < 4.78 is 27.0. The van der Waals surface area contributed by atoms with Gasteiger partial charge in [0.05, 0.1) is 4.90 Å². The van der Waals surface area contributed by atoms with Crippen molar-refractivity contribution < 1.29 is 8.42 Å². The molecular formula is C15H23ClN2O2S. The van der Waals surface area contributed by atoms with Crippen LogP contribution < -0.4 is 10.5 Å². The quantitative estimate of drug-likeness (QED) is 0.755.